The standard InChI is InChI=1S/C19H23N3O3/c1-2-16-8-9-17(14-18(16)22(24)25)19(23)21(13-11-20)12-10-15-6-4-3-5-7-15/h3-9,14H,2,10-13,20H2,1H3. The monoisotopic (exact) mass is 341 g/mol. The molecule has 0 aliphatic rings. The van der Waals surface area contributed by atoms with Gasteiger partial charge in [0.15, 0.2) is 0 Å². The summed E-state index contributed by atoms with van der Waals surface area (Å²) in [6.45, 7) is 3.12. The summed E-state index contributed by atoms with van der Waals surface area (Å²) in [5.41, 5.74) is 7.70. The molecule has 6 heteroatoms. The van der Waals surface area contributed by atoms with Crippen molar-refractivity contribution in [1.82, 2.24) is 4.90 Å². The lowest BCUT2D eigenvalue weighted by molar-refractivity contribution is -0.385. The van der Waals surface area contributed by atoms with Crippen LogP contribution in [0, 0.1) is 10.1 Å². The van der Waals surface area contributed by atoms with E-state index in [-0.39, 0.29) is 11.6 Å². The number of carbonyl (C=O) groups is 1. The first-order chi connectivity index (χ1) is 12.1. The Morgan fingerprint density at radius 1 is 1.16 bits per heavy atom. The molecule has 0 bridgehead atoms. The number of nitro benzene ring substituents is 1. The predicted octanol–water partition coefficient (Wildman–Crippen LogP) is 2.80. The minimum atomic E-state index is -0.438. The quantitative estimate of drug-likeness (QED) is 0.590. The fraction of sp³-hybridized carbons (Fsp3) is 0.316. The van der Waals surface area contributed by atoms with Crippen molar-refractivity contribution in [3.8, 4) is 0 Å². The summed E-state index contributed by atoms with van der Waals surface area (Å²) in [6, 6.07) is 14.5. The minimum Gasteiger partial charge on any atom is -0.337 e. The van der Waals surface area contributed by atoms with Crippen molar-refractivity contribution in [2.24, 2.45) is 5.73 Å². The molecule has 0 unspecified atom stereocenters. The maximum atomic E-state index is 12.8. The van der Waals surface area contributed by atoms with Gasteiger partial charge in [0.25, 0.3) is 11.6 Å². The molecule has 6 nitrogen and oxygen atoms in total. The highest BCUT2D eigenvalue weighted by Gasteiger charge is 2.20. The van der Waals surface area contributed by atoms with Gasteiger partial charge < -0.3 is 10.6 Å². The molecule has 0 fully saturated rings. The summed E-state index contributed by atoms with van der Waals surface area (Å²) >= 11 is 0. The van der Waals surface area contributed by atoms with Gasteiger partial charge in [-0.2, -0.15) is 0 Å². The molecule has 2 N–H and O–H groups in total. The fourth-order valence-electron chi connectivity index (χ4n) is 2.73. The van der Waals surface area contributed by atoms with Crippen molar-refractivity contribution < 1.29 is 9.72 Å². The number of amides is 1. The van der Waals surface area contributed by atoms with E-state index in [0.717, 1.165) is 5.56 Å². The Labute approximate surface area is 147 Å². The number of hydrogen-bond donors (Lipinski definition) is 1. The van der Waals surface area contributed by atoms with Crippen LogP contribution in [0.2, 0.25) is 0 Å². The van der Waals surface area contributed by atoms with Gasteiger partial charge in [0.1, 0.15) is 0 Å². The molecule has 0 heterocycles. The first kappa shape index (κ1) is 18.6. The maximum Gasteiger partial charge on any atom is 0.273 e. The minimum absolute atomic E-state index is 0.0101. The van der Waals surface area contributed by atoms with Gasteiger partial charge in [-0.1, -0.05) is 43.3 Å². The molecule has 0 aromatic heterocycles. The molecule has 0 saturated carbocycles. The van der Waals surface area contributed by atoms with Crippen LogP contribution in [0.3, 0.4) is 0 Å². The highest BCUT2D eigenvalue weighted by Crippen LogP contribution is 2.22. The van der Waals surface area contributed by atoms with Crippen LogP contribution in [0.15, 0.2) is 48.5 Å². The second-order valence-corrected chi connectivity index (χ2v) is 5.77. The summed E-state index contributed by atoms with van der Waals surface area (Å²) in [4.78, 5) is 25.2. The zero-order chi connectivity index (χ0) is 18.2. The van der Waals surface area contributed by atoms with Crippen molar-refractivity contribution in [2.75, 3.05) is 19.6 Å². The van der Waals surface area contributed by atoms with E-state index in [2.05, 4.69) is 0 Å². The fourth-order valence-corrected chi connectivity index (χ4v) is 2.73. The Morgan fingerprint density at radius 2 is 1.88 bits per heavy atom. The van der Waals surface area contributed by atoms with Gasteiger partial charge in [-0.15, -0.1) is 0 Å². The Balaban J connectivity index is 2.19. The molecule has 0 spiro atoms. The molecule has 0 atom stereocenters. The van der Waals surface area contributed by atoms with Crippen molar-refractivity contribution in [1.29, 1.82) is 0 Å². The average molecular weight is 341 g/mol. The van der Waals surface area contributed by atoms with Gasteiger partial charge in [-0.3, -0.25) is 14.9 Å². The van der Waals surface area contributed by atoms with Gasteiger partial charge in [-0.05, 0) is 24.5 Å². The molecular weight excluding hydrogens is 318 g/mol. The van der Waals surface area contributed by atoms with E-state index in [9.17, 15) is 14.9 Å². The molecular formula is C19H23N3O3. The zero-order valence-electron chi connectivity index (χ0n) is 14.4. The number of nitro groups is 1. The van der Waals surface area contributed by atoms with E-state index in [4.69, 9.17) is 5.73 Å². The van der Waals surface area contributed by atoms with Crippen LogP contribution in [0.25, 0.3) is 0 Å². The number of nitrogens with zero attached hydrogens (tertiary/aromatic N) is 2. The summed E-state index contributed by atoms with van der Waals surface area (Å²) in [5.74, 6) is -0.230. The summed E-state index contributed by atoms with van der Waals surface area (Å²) in [6.07, 6.45) is 1.26. The van der Waals surface area contributed by atoms with Crippen LogP contribution in [-0.4, -0.2) is 35.4 Å². The molecule has 25 heavy (non-hydrogen) atoms. The number of carbonyl (C=O) groups excluding carboxylic acids is 1. The van der Waals surface area contributed by atoms with E-state index in [1.54, 1.807) is 17.0 Å². The predicted molar refractivity (Wildman–Crippen MR) is 97.6 cm³/mol. The number of benzene rings is 2. The average Bonchev–Trinajstić information content (AvgIpc) is 2.64. The third-order valence-corrected chi connectivity index (χ3v) is 4.11. The topological polar surface area (TPSA) is 89.5 Å². The van der Waals surface area contributed by atoms with Crippen LogP contribution in [0.4, 0.5) is 5.69 Å². The molecule has 132 valence electrons. The van der Waals surface area contributed by atoms with E-state index in [1.807, 2.05) is 37.3 Å². The van der Waals surface area contributed by atoms with Crippen LogP contribution < -0.4 is 5.73 Å². The zero-order valence-corrected chi connectivity index (χ0v) is 14.4. The molecule has 0 aliphatic carbocycles. The van der Waals surface area contributed by atoms with E-state index < -0.39 is 4.92 Å². The van der Waals surface area contributed by atoms with E-state index in [0.29, 0.717) is 43.6 Å². The lowest BCUT2D eigenvalue weighted by Gasteiger charge is -2.22. The van der Waals surface area contributed by atoms with Gasteiger partial charge in [-0.25, -0.2) is 0 Å². The first-order valence-electron chi connectivity index (χ1n) is 8.37. The molecule has 0 aliphatic heterocycles. The number of aryl methyl sites for hydroxylation is 1. The second-order valence-electron chi connectivity index (χ2n) is 5.77. The molecule has 1 amide bonds. The normalized spacial score (nSPS) is 10.5. The lowest BCUT2D eigenvalue weighted by atomic mass is 10.1. The lowest BCUT2D eigenvalue weighted by Crippen LogP contribution is -2.37. The summed E-state index contributed by atoms with van der Waals surface area (Å²) < 4.78 is 0. The van der Waals surface area contributed by atoms with E-state index >= 15 is 0 Å². The summed E-state index contributed by atoms with van der Waals surface area (Å²) in [5, 5.41) is 11.2. The number of rotatable bonds is 8. The SMILES string of the molecule is CCc1ccc(C(=O)N(CCN)CCc2ccccc2)cc1[N+](=O)[O-]. The van der Waals surface area contributed by atoms with Gasteiger partial charge in [0.2, 0.25) is 0 Å². The molecule has 0 radical (unpaired) electrons. The smallest absolute Gasteiger partial charge is 0.273 e. The van der Waals surface area contributed by atoms with Crippen LogP contribution in [0.1, 0.15) is 28.4 Å². The maximum absolute atomic E-state index is 12.8. The van der Waals surface area contributed by atoms with Crippen molar-refractivity contribution in [3.05, 3.63) is 75.3 Å². The first-order valence-corrected chi connectivity index (χ1v) is 8.37. The third kappa shape index (κ3) is 4.87. The van der Waals surface area contributed by atoms with Gasteiger partial charge >= 0.3 is 0 Å². The molecule has 2 rings (SSSR count). The van der Waals surface area contributed by atoms with Crippen LogP contribution in [-0.2, 0) is 12.8 Å². The van der Waals surface area contributed by atoms with Crippen molar-refractivity contribution in [2.45, 2.75) is 19.8 Å². The second kappa shape index (κ2) is 8.94. The summed E-state index contributed by atoms with van der Waals surface area (Å²) in [7, 11) is 0. The van der Waals surface area contributed by atoms with Gasteiger partial charge in [0.05, 0.1) is 4.92 Å². The van der Waals surface area contributed by atoms with Crippen molar-refractivity contribution in [3.63, 3.8) is 0 Å². The molecule has 0 saturated heterocycles. The van der Waals surface area contributed by atoms with Crippen LogP contribution >= 0.6 is 0 Å². The van der Waals surface area contributed by atoms with E-state index in [1.165, 1.54) is 6.07 Å². The highest BCUT2D eigenvalue weighted by atomic mass is 16.6. The Morgan fingerprint density at radius 3 is 2.48 bits per heavy atom. The van der Waals surface area contributed by atoms with Crippen molar-refractivity contribution >= 4 is 11.6 Å². The Bertz CT molecular complexity index is 732. The Hall–Kier alpha value is -2.73. The van der Waals surface area contributed by atoms with Crippen LogP contribution in [0.5, 0.6) is 0 Å². The molecule has 2 aromatic rings. The van der Waals surface area contributed by atoms with Gasteiger partial charge in [0, 0.05) is 36.8 Å². The molecule has 2 aromatic carbocycles. The highest BCUT2D eigenvalue weighted by molar-refractivity contribution is 5.95. The third-order valence-electron chi connectivity index (χ3n) is 4.11. The number of hydrogen-bond acceptors (Lipinski definition) is 4. The largest absolute Gasteiger partial charge is 0.337 e. The Kier molecular flexibility index (Phi) is 6.65. The number of nitrogens with two attached hydrogens (primary N) is 1.